The van der Waals surface area contributed by atoms with Crippen molar-refractivity contribution in [3.63, 3.8) is 0 Å². The van der Waals surface area contributed by atoms with E-state index in [-0.39, 0.29) is 23.0 Å². The Morgan fingerprint density at radius 3 is 2.64 bits per heavy atom. The maximum Gasteiger partial charge on any atom is 0.168 e. The quantitative estimate of drug-likeness (QED) is 0.584. The number of aliphatic hydroxyl groups is 1. The number of hydrogen-bond donors (Lipinski definition) is 1. The van der Waals surface area contributed by atoms with E-state index >= 15 is 0 Å². The van der Waals surface area contributed by atoms with Crippen molar-refractivity contribution in [2.75, 3.05) is 13.2 Å². The van der Waals surface area contributed by atoms with E-state index in [4.69, 9.17) is 9.47 Å². The molecule has 0 radical (unpaired) electrons. The van der Waals surface area contributed by atoms with Gasteiger partial charge in [0.1, 0.15) is 5.78 Å². The molecule has 4 heteroatoms. The number of aliphatic hydroxyl groups excluding tert-OH is 1. The highest BCUT2D eigenvalue weighted by molar-refractivity contribution is 5.85. The predicted octanol–water partition coefficient (Wildman–Crippen LogP) is 3.87. The molecule has 142 valence electrons. The Morgan fingerprint density at radius 1 is 1.24 bits per heavy atom. The van der Waals surface area contributed by atoms with Crippen LogP contribution in [0.1, 0.15) is 65.7 Å². The van der Waals surface area contributed by atoms with Crippen LogP contribution in [-0.2, 0) is 14.3 Å². The van der Waals surface area contributed by atoms with Crippen molar-refractivity contribution in [2.24, 2.45) is 23.2 Å². The molecular formula is C21H34O4. The van der Waals surface area contributed by atoms with Gasteiger partial charge in [0.25, 0.3) is 0 Å². The van der Waals surface area contributed by atoms with Gasteiger partial charge in [-0.3, -0.25) is 4.79 Å². The van der Waals surface area contributed by atoms with Gasteiger partial charge in [-0.05, 0) is 24.7 Å². The summed E-state index contributed by atoms with van der Waals surface area (Å²) in [4.78, 5) is 12.5. The van der Waals surface area contributed by atoms with Gasteiger partial charge in [-0.15, -0.1) is 0 Å². The molecule has 1 spiro atoms. The van der Waals surface area contributed by atoms with Gasteiger partial charge < -0.3 is 14.6 Å². The van der Waals surface area contributed by atoms with Gasteiger partial charge in [0.05, 0.1) is 25.2 Å². The molecule has 1 saturated heterocycles. The predicted molar refractivity (Wildman–Crippen MR) is 97.0 cm³/mol. The summed E-state index contributed by atoms with van der Waals surface area (Å²) in [5.74, 6) is -0.111. The van der Waals surface area contributed by atoms with Crippen molar-refractivity contribution in [2.45, 2.75) is 77.6 Å². The normalized spacial score (nSPS) is 34.7. The molecular weight excluding hydrogens is 316 g/mol. The zero-order valence-electron chi connectivity index (χ0n) is 16.0. The maximum absolute atomic E-state index is 12.5. The van der Waals surface area contributed by atoms with Gasteiger partial charge >= 0.3 is 0 Å². The summed E-state index contributed by atoms with van der Waals surface area (Å²) in [5.41, 5.74) is 0.0545. The van der Waals surface area contributed by atoms with Gasteiger partial charge in [-0.25, -0.2) is 0 Å². The van der Waals surface area contributed by atoms with Crippen LogP contribution < -0.4 is 0 Å². The number of allylic oxidation sites excluding steroid dienone is 1. The van der Waals surface area contributed by atoms with E-state index in [9.17, 15) is 9.90 Å². The van der Waals surface area contributed by atoms with Crippen molar-refractivity contribution in [3.8, 4) is 0 Å². The minimum absolute atomic E-state index is 0.0545. The number of hydrogen-bond acceptors (Lipinski definition) is 4. The number of fused-ring (bicyclic) bond motifs is 1. The summed E-state index contributed by atoms with van der Waals surface area (Å²) in [6, 6.07) is 0. The average Bonchev–Trinajstić information content (AvgIpc) is 3.03. The number of carbonyl (C=O) groups is 1. The molecule has 3 rings (SSSR count). The fourth-order valence-corrected chi connectivity index (χ4v) is 4.72. The Kier molecular flexibility index (Phi) is 5.72. The van der Waals surface area contributed by atoms with E-state index in [2.05, 4.69) is 20.8 Å². The molecule has 25 heavy (non-hydrogen) atoms. The first-order valence-electron chi connectivity index (χ1n) is 10.0. The van der Waals surface area contributed by atoms with Crippen molar-refractivity contribution in [1.29, 1.82) is 0 Å². The Labute approximate surface area is 152 Å². The van der Waals surface area contributed by atoms with E-state index in [1.165, 1.54) is 12.8 Å². The summed E-state index contributed by atoms with van der Waals surface area (Å²) in [6.45, 7) is 7.88. The molecule has 3 fully saturated rings. The number of Topliss-reactive ketones (excluding diaryl/α,β-unsaturated/α-hetero) is 1. The zero-order chi connectivity index (χ0) is 18.1. The lowest BCUT2D eigenvalue weighted by Crippen LogP contribution is -2.46. The number of unbranched alkanes of at least 4 members (excludes halogenated alkanes) is 3. The molecule has 2 aliphatic carbocycles. The zero-order valence-corrected chi connectivity index (χ0v) is 16.0. The van der Waals surface area contributed by atoms with Gasteiger partial charge in [0.2, 0.25) is 0 Å². The lowest BCUT2D eigenvalue weighted by atomic mass is 9.86. The standard InChI is InChI=1S/C21H34O4/c1-4-5-6-7-8-9-17(22)19-16-12-21(11-15(16)10-18(19)23)24-13-20(2,3)14-25-21/h8-9,15-17,19,22H,4-7,10-14H2,1-3H3/b9-8+/t15-,16+,17-,19+/m1/s1. The van der Waals surface area contributed by atoms with E-state index < -0.39 is 11.9 Å². The summed E-state index contributed by atoms with van der Waals surface area (Å²) >= 11 is 0. The highest BCUT2D eigenvalue weighted by Gasteiger charge is 2.58. The van der Waals surface area contributed by atoms with Gasteiger partial charge in [0, 0.05) is 24.7 Å². The van der Waals surface area contributed by atoms with Crippen LogP contribution >= 0.6 is 0 Å². The van der Waals surface area contributed by atoms with E-state index in [1.807, 2.05) is 12.2 Å². The highest BCUT2D eigenvalue weighted by Crippen LogP contribution is 2.54. The molecule has 1 heterocycles. The molecule has 0 unspecified atom stereocenters. The third-order valence-electron chi connectivity index (χ3n) is 6.15. The topological polar surface area (TPSA) is 55.8 Å². The third-order valence-corrected chi connectivity index (χ3v) is 6.15. The molecule has 0 aromatic heterocycles. The summed E-state index contributed by atoms with van der Waals surface area (Å²) in [7, 11) is 0. The first-order valence-corrected chi connectivity index (χ1v) is 10.0. The van der Waals surface area contributed by atoms with Crippen molar-refractivity contribution in [3.05, 3.63) is 12.2 Å². The molecule has 0 aromatic carbocycles. The molecule has 0 aromatic rings. The second-order valence-electron chi connectivity index (χ2n) is 9.10. The SMILES string of the molecule is CCCCC/C=C/[C@@H](O)[C@H]1C(=O)C[C@@H]2CC3(C[C@@H]21)OCC(C)(C)CO3. The Bertz CT molecular complexity index is 500. The smallest absolute Gasteiger partial charge is 0.168 e. The molecule has 0 bridgehead atoms. The number of ether oxygens (including phenoxy) is 2. The molecule has 0 amide bonds. The highest BCUT2D eigenvalue weighted by atomic mass is 16.7. The maximum atomic E-state index is 12.5. The lowest BCUT2D eigenvalue weighted by Gasteiger charge is -2.42. The minimum atomic E-state index is -0.667. The van der Waals surface area contributed by atoms with E-state index in [0.717, 1.165) is 25.7 Å². The minimum Gasteiger partial charge on any atom is -0.388 e. The Balaban J connectivity index is 1.60. The Morgan fingerprint density at radius 2 is 1.96 bits per heavy atom. The number of rotatable bonds is 6. The summed E-state index contributed by atoms with van der Waals surface area (Å²) in [6.07, 6.45) is 9.84. The number of ketones is 1. The van der Waals surface area contributed by atoms with Crippen LogP contribution in [0.15, 0.2) is 12.2 Å². The molecule has 1 aliphatic heterocycles. The van der Waals surface area contributed by atoms with Gasteiger partial charge in [-0.2, -0.15) is 0 Å². The first kappa shape index (κ1) is 19.1. The number of carbonyl (C=O) groups excluding carboxylic acids is 1. The van der Waals surface area contributed by atoms with Gasteiger partial charge in [0.15, 0.2) is 5.79 Å². The van der Waals surface area contributed by atoms with E-state index in [1.54, 1.807) is 0 Å². The van der Waals surface area contributed by atoms with Crippen LogP contribution in [0.5, 0.6) is 0 Å². The van der Waals surface area contributed by atoms with Crippen molar-refractivity contribution in [1.82, 2.24) is 0 Å². The average molecular weight is 350 g/mol. The summed E-state index contributed by atoms with van der Waals surface area (Å²) in [5, 5.41) is 10.6. The second kappa shape index (κ2) is 7.50. The molecule has 4 atom stereocenters. The molecule has 2 saturated carbocycles. The largest absolute Gasteiger partial charge is 0.388 e. The molecule has 1 N–H and O–H groups in total. The van der Waals surface area contributed by atoms with Crippen molar-refractivity contribution >= 4 is 5.78 Å². The fraction of sp³-hybridized carbons (Fsp3) is 0.857. The van der Waals surface area contributed by atoms with Crippen LogP contribution in [0.4, 0.5) is 0 Å². The lowest BCUT2D eigenvalue weighted by molar-refractivity contribution is -0.297. The molecule has 3 aliphatic rings. The van der Waals surface area contributed by atoms with Crippen LogP contribution in [0.2, 0.25) is 0 Å². The van der Waals surface area contributed by atoms with Crippen LogP contribution in [0, 0.1) is 23.2 Å². The second-order valence-corrected chi connectivity index (χ2v) is 9.10. The first-order chi connectivity index (χ1) is 11.9. The fourth-order valence-electron chi connectivity index (χ4n) is 4.72. The third kappa shape index (κ3) is 4.17. The van der Waals surface area contributed by atoms with Crippen LogP contribution in [-0.4, -0.2) is 36.0 Å². The Hall–Kier alpha value is -0.710. The summed E-state index contributed by atoms with van der Waals surface area (Å²) < 4.78 is 12.3. The molecule has 4 nitrogen and oxygen atoms in total. The van der Waals surface area contributed by atoms with Crippen LogP contribution in [0.25, 0.3) is 0 Å². The van der Waals surface area contributed by atoms with E-state index in [0.29, 0.717) is 25.6 Å². The monoisotopic (exact) mass is 350 g/mol. The van der Waals surface area contributed by atoms with Gasteiger partial charge in [-0.1, -0.05) is 45.8 Å². The van der Waals surface area contributed by atoms with Crippen molar-refractivity contribution < 1.29 is 19.4 Å². The van der Waals surface area contributed by atoms with Crippen LogP contribution in [0.3, 0.4) is 0 Å².